The van der Waals surface area contributed by atoms with E-state index in [1.165, 1.54) is 11.1 Å². The molecule has 1 aliphatic rings. The van der Waals surface area contributed by atoms with Crippen molar-refractivity contribution in [1.29, 1.82) is 0 Å². The molecule has 1 aliphatic heterocycles. The summed E-state index contributed by atoms with van der Waals surface area (Å²) in [5, 5.41) is 4.20. The molecule has 30 heavy (non-hydrogen) atoms. The zero-order valence-corrected chi connectivity index (χ0v) is 18.1. The van der Waals surface area contributed by atoms with E-state index in [4.69, 9.17) is 0 Å². The zero-order chi connectivity index (χ0) is 21.1. The molecule has 0 aliphatic carbocycles. The van der Waals surface area contributed by atoms with Crippen molar-refractivity contribution < 1.29 is 9.59 Å². The van der Waals surface area contributed by atoms with Crippen LogP contribution in [0, 0.1) is 5.41 Å². The maximum absolute atomic E-state index is 13.2. The molecule has 0 saturated carbocycles. The van der Waals surface area contributed by atoms with Gasteiger partial charge in [-0.2, -0.15) is 11.3 Å². The number of pyridine rings is 1. The van der Waals surface area contributed by atoms with Crippen LogP contribution in [0.2, 0.25) is 0 Å². The normalized spacial score (nSPS) is 18.4. The molecular formula is C24H25N3O2S. The molecule has 3 aromatic rings. The Balaban J connectivity index is 1.56. The molecule has 5 nitrogen and oxygen atoms in total. The largest absolute Gasteiger partial charge is 0.348 e. The van der Waals surface area contributed by atoms with Crippen LogP contribution in [-0.2, 0) is 11.2 Å². The SMILES string of the molecule is CN(C)C(=O)C1(Cc2ccc(-c3ccsc3)cc2)CCN(C(=O)c2ccccn2)C1. The molecule has 1 aromatic carbocycles. The van der Waals surface area contributed by atoms with E-state index in [1.54, 1.807) is 53.6 Å². The first-order chi connectivity index (χ1) is 14.5. The van der Waals surface area contributed by atoms with Gasteiger partial charge in [-0.1, -0.05) is 30.3 Å². The first-order valence-corrected chi connectivity index (χ1v) is 11.0. The fourth-order valence-corrected chi connectivity index (χ4v) is 4.87. The minimum atomic E-state index is -0.613. The van der Waals surface area contributed by atoms with E-state index in [0.29, 0.717) is 31.6 Å². The number of benzene rings is 1. The second-order valence-electron chi connectivity index (χ2n) is 8.06. The molecule has 1 unspecified atom stereocenters. The summed E-state index contributed by atoms with van der Waals surface area (Å²) in [7, 11) is 3.57. The van der Waals surface area contributed by atoms with Crippen LogP contribution >= 0.6 is 11.3 Å². The van der Waals surface area contributed by atoms with Crippen molar-refractivity contribution >= 4 is 23.2 Å². The van der Waals surface area contributed by atoms with Crippen molar-refractivity contribution in [3.63, 3.8) is 0 Å². The highest BCUT2D eigenvalue weighted by atomic mass is 32.1. The Hall–Kier alpha value is -2.99. The van der Waals surface area contributed by atoms with E-state index in [0.717, 1.165) is 5.56 Å². The first kappa shape index (κ1) is 20.3. The van der Waals surface area contributed by atoms with Crippen molar-refractivity contribution in [2.45, 2.75) is 12.8 Å². The lowest BCUT2D eigenvalue weighted by atomic mass is 9.79. The van der Waals surface area contributed by atoms with Gasteiger partial charge in [0, 0.05) is 33.4 Å². The van der Waals surface area contributed by atoms with Crippen molar-refractivity contribution in [3.8, 4) is 11.1 Å². The second kappa shape index (κ2) is 8.40. The van der Waals surface area contributed by atoms with Crippen LogP contribution < -0.4 is 0 Å². The van der Waals surface area contributed by atoms with Crippen LogP contribution in [-0.4, -0.2) is 53.8 Å². The fourth-order valence-electron chi connectivity index (χ4n) is 4.20. The minimum absolute atomic E-state index is 0.0701. The van der Waals surface area contributed by atoms with Gasteiger partial charge in [-0.25, -0.2) is 0 Å². The topological polar surface area (TPSA) is 53.5 Å². The van der Waals surface area contributed by atoms with Gasteiger partial charge in [-0.05, 0) is 58.5 Å². The van der Waals surface area contributed by atoms with E-state index in [-0.39, 0.29) is 11.8 Å². The van der Waals surface area contributed by atoms with E-state index in [2.05, 4.69) is 46.1 Å². The summed E-state index contributed by atoms with van der Waals surface area (Å²) in [4.78, 5) is 33.7. The van der Waals surface area contributed by atoms with Gasteiger partial charge in [0.2, 0.25) is 5.91 Å². The van der Waals surface area contributed by atoms with Crippen LogP contribution in [0.25, 0.3) is 11.1 Å². The standard InChI is InChI=1S/C24H25N3O2S/c1-26(2)23(29)24(11-13-27(17-24)22(28)21-5-3-4-12-25-21)15-18-6-8-19(9-7-18)20-10-14-30-16-20/h3-10,12,14,16H,11,13,15,17H2,1-2H3. The third kappa shape index (κ3) is 4.00. The van der Waals surface area contributed by atoms with Gasteiger partial charge in [0.05, 0.1) is 5.41 Å². The molecule has 2 amide bonds. The summed E-state index contributed by atoms with van der Waals surface area (Å²) in [5.41, 5.74) is 3.30. The van der Waals surface area contributed by atoms with Crippen LogP contribution in [0.1, 0.15) is 22.5 Å². The maximum Gasteiger partial charge on any atom is 0.272 e. The van der Waals surface area contributed by atoms with Crippen LogP contribution in [0.15, 0.2) is 65.5 Å². The molecular weight excluding hydrogens is 394 g/mol. The first-order valence-electron chi connectivity index (χ1n) is 10.0. The minimum Gasteiger partial charge on any atom is -0.348 e. The predicted molar refractivity (Wildman–Crippen MR) is 119 cm³/mol. The predicted octanol–water partition coefficient (Wildman–Crippen LogP) is 3.97. The zero-order valence-electron chi connectivity index (χ0n) is 17.2. The number of carbonyl (C=O) groups is 2. The van der Waals surface area contributed by atoms with Crippen LogP contribution in [0.5, 0.6) is 0 Å². The van der Waals surface area contributed by atoms with Gasteiger partial charge in [0.15, 0.2) is 0 Å². The molecule has 3 heterocycles. The lowest BCUT2D eigenvalue weighted by Gasteiger charge is -2.31. The number of hydrogen-bond donors (Lipinski definition) is 0. The Bertz CT molecular complexity index is 1020. The van der Waals surface area contributed by atoms with Gasteiger partial charge in [-0.3, -0.25) is 14.6 Å². The summed E-state index contributed by atoms with van der Waals surface area (Å²) in [6, 6.07) is 15.8. The second-order valence-corrected chi connectivity index (χ2v) is 8.84. The summed E-state index contributed by atoms with van der Waals surface area (Å²) in [6.07, 6.45) is 2.88. The van der Waals surface area contributed by atoms with E-state index in [9.17, 15) is 9.59 Å². The summed E-state index contributed by atoms with van der Waals surface area (Å²) < 4.78 is 0. The Morgan fingerprint density at radius 2 is 1.90 bits per heavy atom. The molecule has 0 radical (unpaired) electrons. The number of nitrogens with zero attached hydrogens (tertiary/aromatic N) is 3. The molecule has 4 rings (SSSR count). The Morgan fingerprint density at radius 3 is 2.53 bits per heavy atom. The van der Waals surface area contributed by atoms with Crippen molar-refractivity contribution in [2.24, 2.45) is 5.41 Å². The number of thiophene rings is 1. The number of rotatable bonds is 5. The lowest BCUT2D eigenvalue weighted by molar-refractivity contribution is -0.138. The van der Waals surface area contributed by atoms with Gasteiger partial charge >= 0.3 is 0 Å². The van der Waals surface area contributed by atoms with E-state index >= 15 is 0 Å². The number of carbonyl (C=O) groups excluding carboxylic acids is 2. The monoisotopic (exact) mass is 419 g/mol. The van der Waals surface area contributed by atoms with Crippen LogP contribution in [0.3, 0.4) is 0 Å². The highest BCUT2D eigenvalue weighted by molar-refractivity contribution is 7.08. The molecule has 2 aromatic heterocycles. The number of likely N-dealkylation sites (tertiary alicyclic amines) is 1. The Labute approximate surface area is 181 Å². The molecule has 0 spiro atoms. The molecule has 0 N–H and O–H groups in total. The van der Waals surface area contributed by atoms with Crippen molar-refractivity contribution in [3.05, 3.63) is 76.7 Å². The highest BCUT2D eigenvalue weighted by Crippen LogP contribution is 2.37. The Kier molecular flexibility index (Phi) is 5.68. The lowest BCUT2D eigenvalue weighted by Crippen LogP contribution is -2.44. The van der Waals surface area contributed by atoms with Crippen LogP contribution in [0.4, 0.5) is 0 Å². The van der Waals surface area contributed by atoms with E-state index < -0.39 is 5.41 Å². The van der Waals surface area contributed by atoms with Gasteiger partial charge in [0.1, 0.15) is 5.69 Å². The highest BCUT2D eigenvalue weighted by Gasteiger charge is 2.47. The molecule has 1 atom stereocenters. The van der Waals surface area contributed by atoms with Gasteiger partial charge in [0.25, 0.3) is 5.91 Å². The van der Waals surface area contributed by atoms with Crippen molar-refractivity contribution in [2.75, 3.05) is 27.2 Å². The molecule has 154 valence electrons. The van der Waals surface area contributed by atoms with E-state index in [1.807, 2.05) is 6.07 Å². The average Bonchev–Trinajstić information content (AvgIpc) is 3.45. The smallest absolute Gasteiger partial charge is 0.272 e. The van der Waals surface area contributed by atoms with Gasteiger partial charge < -0.3 is 9.80 Å². The third-order valence-electron chi connectivity index (χ3n) is 5.74. The number of amides is 2. The Morgan fingerprint density at radius 1 is 1.10 bits per heavy atom. The summed E-state index contributed by atoms with van der Waals surface area (Å²) >= 11 is 1.68. The third-order valence-corrected chi connectivity index (χ3v) is 6.42. The molecule has 0 bridgehead atoms. The number of hydrogen-bond acceptors (Lipinski definition) is 4. The maximum atomic E-state index is 13.2. The summed E-state index contributed by atoms with van der Waals surface area (Å²) in [6.45, 7) is 0.966. The summed E-state index contributed by atoms with van der Waals surface area (Å²) in [5.74, 6) is -0.0439. The van der Waals surface area contributed by atoms with Gasteiger partial charge in [-0.15, -0.1) is 0 Å². The number of aromatic nitrogens is 1. The quantitative estimate of drug-likeness (QED) is 0.629. The molecule has 6 heteroatoms. The molecule has 1 fully saturated rings. The molecule has 1 saturated heterocycles. The fraction of sp³-hybridized carbons (Fsp3) is 0.292. The van der Waals surface area contributed by atoms with Crippen molar-refractivity contribution in [1.82, 2.24) is 14.8 Å². The average molecular weight is 420 g/mol.